The maximum Gasteiger partial charge on any atom is 0.115 e. The van der Waals surface area contributed by atoms with Crippen molar-refractivity contribution in [1.29, 1.82) is 0 Å². The number of allylic oxidation sites excluding steroid dienone is 2. The van der Waals surface area contributed by atoms with Gasteiger partial charge in [-0.2, -0.15) is 0 Å². The molecule has 2 atom stereocenters. The van der Waals surface area contributed by atoms with Crippen molar-refractivity contribution >= 4 is 0 Å². The zero-order valence-corrected chi connectivity index (χ0v) is 7.78. The van der Waals surface area contributed by atoms with Gasteiger partial charge in [0.2, 0.25) is 0 Å². The van der Waals surface area contributed by atoms with Gasteiger partial charge >= 0.3 is 0 Å². The quantitative estimate of drug-likeness (QED) is 0.618. The molecule has 2 heteroatoms. The molecule has 0 saturated carbocycles. The molecule has 0 radical (unpaired) electrons. The van der Waals surface area contributed by atoms with E-state index in [0.29, 0.717) is 0 Å². The minimum absolute atomic E-state index is 0.0214. The van der Waals surface area contributed by atoms with E-state index in [2.05, 4.69) is 0 Å². The Morgan fingerprint density at radius 3 is 2.50 bits per heavy atom. The Bertz CT molecular complexity index is 228. The minimum Gasteiger partial charge on any atom is -0.386 e. The minimum atomic E-state index is -1.08. The molecular formula is C10H16O2. The highest BCUT2D eigenvalue weighted by molar-refractivity contribution is 5.30. The average molecular weight is 168 g/mol. The van der Waals surface area contributed by atoms with Crippen molar-refractivity contribution < 1.29 is 10.2 Å². The first-order valence-electron chi connectivity index (χ1n) is 4.25. The van der Waals surface area contributed by atoms with Gasteiger partial charge in [-0.1, -0.05) is 31.6 Å². The van der Waals surface area contributed by atoms with Crippen molar-refractivity contribution in [3.63, 3.8) is 0 Å². The SMILES string of the molecule is CC1=C[C@H](O)[C@](O)(C(C)C)C=C1. The molecule has 0 heterocycles. The van der Waals surface area contributed by atoms with Gasteiger partial charge in [0.05, 0.1) is 0 Å². The summed E-state index contributed by atoms with van der Waals surface area (Å²) in [5.41, 5.74) is -0.0905. The van der Waals surface area contributed by atoms with E-state index >= 15 is 0 Å². The molecule has 0 saturated heterocycles. The first kappa shape index (κ1) is 9.49. The van der Waals surface area contributed by atoms with Crippen LogP contribution in [-0.2, 0) is 0 Å². The van der Waals surface area contributed by atoms with E-state index in [9.17, 15) is 10.2 Å². The van der Waals surface area contributed by atoms with Gasteiger partial charge in [0.1, 0.15) is 11.7 Å². The van der Waals surface area contributed by atoms with Crippen molar-refractivity contribution in [3.8, 4) is 0 Å². The van der Waals surface area contributed by atoms with Crippen LogP contribution in [0.5, 0.6) is 0 Å². The van der Waals surface area contributed by atoms with Gasteiger partial charge in [0, 0.05) is 0 Å². The molecule has 0 amide bonds. The molecule has 0 aromatic rings. The molecule has 2 N–H and O–H groups in total. The Morgan fingerprint density at radius 2 is 2.08 bits per heavy atom. The molecular weight excluding hydrogens is 152 g/mol. The highest BCUT2D eigenvalue weighted by Crippen LogP contribution is 2.28. The largest absolute Gasteiger partial charge is 0.386 e. The molecule has 0 bridgehead atoms. The Balaban J connectivity index is 2.91. The monoisotopic (exact) mass is 168 g/mol. The predicted octanol–water partition coefficient (Wildman–Crippen LogP) is 1.25. The van der Waals surface area contributed by atoms with Gasteiger partial charge in [-0.25, -0.2) is 0 Å². The zero-order valence-electron chi connectivity index (χ0n) is 7.78. The molecule has 68 valence electrons. The predicted molar refractivity (Wildman–Crippen MR) is 48.7 cm³/mol. The fourth-order valence-corrected chi connectivity index (χ4v) is 1.34. The molecule has 0 aliphatic heterocycles. The summed E-state index contributed by atoms with van der Waals surface area (Å²) in [4.78, 5) is 0. The lowest BCUT2D eigenvalue weighted by Crippen LogP contribution is -2.45. The topological polar surface area (TPSA) is 40.5 Å². The van der Waals surface area contributed by atoms with Crippen LogP contribution in [0.25, 0.3) is 0 Å². The number of hydrogen-bond acceptors (Lipinski definition) is 2. The summed E-state index contributed by atoms with van der Waals surface area (Å²) in [5.74, 6) is 0.0214. The van der Waals surface area contributed by atoms with E-state index in [0.717, 1.165) is 5.57 Å². The maximum absolute atomic E-state index is 9.95. The van der Waals surface area contributed by atoms with Crippen LogP contribution in [0.3, 0.4) is 0 Å². The van der Waals surface area contributed by atoms with Crippen LogP contribution in [0.15, 0.2) is 23.8 Å². The fraction of sp³-hybridized carbons (Fsp3) is 0.600. The van der Waals surface area contributed by atoms with Crippen LogP contribution in [-0.4, -0.2) is 21.9 Å². The number of rotatable bonds is 1. The third-order valence-corrected chi connectivity index (χ3v) is 2.43. The second-order valence-electron chi connectivity index (χ2n) is 3.73. The smallest absolute Gasteiger partial charge is 0.115 e. The van der Waals surface area contributed by atoms with Crippen molar-refractivity contribution in [3.05, 3.63) is 23.8 Å². The Labute approximate surface area is 73.2 Å². The van der Waals surface area contributed by atoms with Gasteiger partial charge < -0.3 is 10.2 Å². The van der Waals surface area contributed by atoms with Crippen LogP contribution in [0.4, 0.5) is 0 Å². The van der Waals surface area contributed by atoms with Gasteiger partial charge in [-0.15, -0.1) is 0 Å². The molecule has 2 nitrogen and oxygen atoms in total. The molecule has 0 spiro atoms. The third kappa shape index (κ3) is 1.45. The zero-order chi connectivity index (χ0) is 9.35. The maximum atomic E-state index is 9.95. The third-order valence-electron chi connectivity index (χ3n) is 2.43. The van der Waals surface area contributed by atoms with E-state index in [1.165, 1.54) is 0 Å². The molecule has 1 aliphatic carbocycles. The van der Waals surface area contributed by atoms with E-state index < -0.39 is 11.7 Å². The highest BCUT2D eigenvalue weighted by atomic mass is 16.3. The molecule has 0 aromatic carbocycles. The number of aliphatic hydroxyl groups is 2. The lowest BCUT2D eigenvalue weighted by atomic mass is 9.81. The second kappa shape index (κ2) is 3.04. The van der Waals surface area contributed by atoms with Crippen LogP contribution < -0.4 is 0 Å². The lowest BCUT2D eigenvalue weighted by molar-refractivity contribution is -0.0484. The van der Waals surface area contributed by atoms with Crippen molar-refractivity contribution in [2.45, 2.75) is 32.5 Å². The summed E-state index contributed by atoms with van der Waals surface area (Å²) in [6.07, 6.45) is 4.42. The number of aliphatic hydroxyl groups excluding tert-OH is 1. The van der Waals surface area contributed by atoms with Crippen LogP contribution >= 0.6 is 0 Å². The van der Waals surface area contributed by atoms with Gasteiger partial charge in [-0.3, -0.25) is 0 Å². The summed E-state index contributed by atoms with van der Waals surface area (Å²) in [6, 6.07) is 0. The second-order valence-corrected chi connectivity index (χ2v) is 3.73. The summed E-state index contributed by atoms with van der Waals surface area (Å²) in [7, 11) is 0. The highest BCUT2D eigenvalue weighted by Gasteiger charge is 2.36. The first-order valence-corrected chi connectivity index (χ1v) is 4.25. The van der Waals surface area contributed by atoms with Crippen LogP contribution in [0.1, 0.15) is 20.8 Å². The van der Waals surface area contributed by atoms with Crippen molar-refractivity contribution in [2.24, 2.45) is 5.92 Å². The number of hydrogen-bond donors (Lipinski definition) is 2. The molecule has 0 unspecified atom stereocenters. The summed E-state index contributed by atoms with van der Waals surface area (Å²) < 4.78 is 0. The van der Waals surface area contributed by atoms with Gasteiger partial charge in [-0.05, 0) is 18.9 Å². The van der Waals surface area contributed by atoms with E-state index in [-0.39, 0.29) is 5.92 Å². The van der Waals surface area contributed by atoms with Gasteiger partial charge in [0.15, 0.2) is 0 Å². The molecule has 1 aliphatic rings. The average Bonchev–Trinajstić information content (AvgIpc) is 1.97. The Hall–Kier alpha value is -0.600. The molecule has 0 fully saturated rings. The standard InChI is InChI=1S/C10H16O2/c1-7(2)10(12)5-4-8(3)6-9(10)11/h4-7,9,11-12H,1-3H3/t9-,10+/m0/s1. The van der Waals surface area contributed by atoms with E-state index in [1.54, 1.807) is 12.2 Å². The summed E-state index contributed by atoms with van der Waals surface area (Å²) in [5, 5.41) is 19.5. The molecule has 1 rings (SSSR count). The summed E-state index contributed by atoms with van der Waals surface area (Å²) >= 11 is 0. The Kier molecular flexibility index (Phi) is 2.40. The van der Waals surface area contributed by atoms with Crippen molar-refractivity contribution in [1.82, 2.24) is 0 Å². The lowest BCUT2D eigenvalue weighted by Gasteiger charge is -2.34. The first-order chi connectivity index (χ1) is 5.47. The molecule has 12 heavy (non-hydrogen) atoms. The Morgan fingerprint density at radius 1 is 1.50 bits per heavy atom. The molecule has 0 aromatic heterocycles. The van der Waals surface area contributed by atoms with Gasteiger partial charge in [0.25, 0.3) is 0 Å². The van der Waals surface area contributed by atoms with E-state index in [4.69, 9.17) is 0 Å². The van der Waals surface area contributed by atoms with Crippen LogP contribution in [0.2, 0.25) is 0 Å². The van der Waals surface area contributed by atoms with Crippen LogP contribution in [0, 0.1) is 5.92 Å². The fourth-order valence-electron chi connectivity index (χ4n) is 1.34. The normalized spacial score (nSPS) is 35.5. The van der Waals surface area contributed by atoms with Crippen molar-refractivity contribution in [2.75, 3.05) is 0 Å². The van der Waals surface area contributed by atoms with E-state index in [1.807, 2.05) is 26.8 Å². The summed E-state index contributed by atoms with van der Waals surface area (Å²) in [6.45, 7) is 5.68.